The fourth-order valence-corrected chi connectivity index (χ4v) is 2.17. The van der Waals surface area contributed by atoms with Crippen LogP contribution in [0.25, 0.3) is 0 Å². The number of benzene rings is 2. The number of para-hydroxylation sites is 1. The van der Waals surface area contributed by atoms with Gasteiger partial charge < -0.3 is 10.5 Å². The number of hydrogen-bond donors (Lipinski definition) is 1. The Labute approximate surface area is 127 Å². The van der Waals surface area contributed by atoms with Crippen molar-refractivity contribution < 1.29 is 4.74 Å². The number of aliphatic imine (C=N–C) groups is 1. The molecular formula is C15H15ClN2OS. The van der Waals surface area contributed by atoms with Crippen LogP contribution < -0.4 is 10.5 Å². The minimum atomic E-state index is 0.518. The molecule has 20 heavy (non-hydrogen) atoms. The van der Waals surface area contributed by atoms with Crippen molar-refractivity contribution in [2.45, 2.75) is 0 Å². The molecule has 2 aromatic carbocycles. The van der Waals surface area contributed by atoms with E-state index in [0.29, 0.717) is 16.8 Å². The predicted octanol–water partition coefficient (Wildman–Crippen LogP) is 4.10. The minimum Gasteiger partial charge on any atom is -0.493 e. The second-order valence-electron chi connectivity index (χ2n) is 3.94. The lowest BCUT2D eigenvalue weighted by molar-refractivity contribution is 0.344. The minimum absolute atomic E-state index is 0.518. The molecule has 0 aliphatic carbocycles. The largest absolute Gasteiger partial charge is 0.493 e. The molecule has 0 fully saturated rings. The summed E-state index contributed by atoms with van der Waals surface area (Å²) in [5, 5.41) is 1.20. The molecule has 0 spiro atoms. The molecule has 0 saturated carbocycles. The van der Waals surface area contributed by atoms with E-state index in [1.807, 2.05) is 42.5 Å². The molecule has 5 heteroatoms. The Balaban J connectivity index is 1.75. The molecule has 0 radical (unpaired) electrons. The number of ether oxygens (including phenoxy) is 1. The van der Waals surface area contributed by atoms with E-state index in [-0.39, 0.29) is 0 Å². The third-order valence-electron chi connectivity index (χ3n) is 2.41. The van der Waals surface area contributed by atoms with Crippen LogP contribution in [0.4, 0.5) is 5.69 Å². The van der Waals surface area contributed by atoms with Crippen molar-refractivity contribution in [2.75, 3.05) is 12.4 Å². The SMILES string of the molecule is NC(=Nc1ccc(Cl)cc1)SCCOc1ccccc1. The highest BCUT2D eigenvalue weighted by Gasteiger charge is 1.97. The lowest BCUT2D eigenvalue weighted by Crippen LogP contribution is -2.10. The van der Waals surface area contributed by atoms with Gasteiger partial charge in [-0.15, -0.1) is 0 Å². The first kappa shape index (κ1) is 14.8. The zero-order valence-corrected chi connectivity index (χ0v) is 12.4. The van der Waals surface area contributed by atoms with E-state index >= 15 is 0 Å². The van der Waals surface area contributed by atoms with Crippen LogP contribution in [-0.4, -0.2) is 17.5 Å². The van der Waals surface area contributed by atoms with Gasteiger partial charge in [-0.1, -0.05) is 41.6 Å². The van der Waals surface area contributed by atoms with Crippen LogP contribution in [0.1, 0.15) is 0 Å². The molecule has 0 unspecified atom stereocenters. The predicted molar refractivity (Wildman–Crippen MR) is 87.1 cm³/mol. The summed E-state index contributed by atoms with van der Waals surface area (Å²) in [6.07, 6.45) is 0. The molecule has 2 aromatic rings. The van der Waals surface area contributed by atoms with Crippen LogP contribution in [0, 0.1) is 0 Å². The summed E-state index contributed by atoms with van der Waals surface area (Å²) in [7, 11) is 0. The van der Waals surface area contributed by atoms with E-state index in [2.05, 4.69) is 4.99 Å². The van der Waals surface area contributed by atoms with Crippen LogP contribution in [0.5, 0.6) is 5.75 Å². The molecule has 0 aliphatic rings. The fourth-order valence-electron chi connectivity index (χ4n) is 1.50. The maximum atomic E-state index is 5.85. The molecule has 0 heterocycles. The molecule has 0 saturated heterocycles. The first-order chi connectivity index (χ1) is 9.74. The number of nitrogens with two attached hydrogens (primary N) is 1. The third kappa shape index (κ3) is 5.15. The molecule has 0 aromatic heterocycles. The monoisotopic (exact) mass is 306 g/mol. The van der Waals surface area contributed by atoms with Gasteiger partial charge in [-0.25, -0.2) is 4.99 Å². The highest BCUT2D eigenvalue weighted by molar-refractivity contribution is 8.13. The number of halogens is 1. The molecule has 0 bridgehead atoms. The summed E-state index contributed by atoms with van der Waals surface area (Å²) < 4.78 is 5.57. The quantitative estimate of drug-likeness (QED) is 0.514. The van der Waals surface area contributed by atoms with E-state index in [9.17, 15) is 0 Å². The van der Waals surface area contributed by atoms with Gasteiger partial charge in [0.2, 0.25) is 0 Å². The highest BCUT2D eigenvalue weighted by atomic mass is 35.5. The van der Waals surface area contributed by atoms with Gasteiger partial charge in [0.25, 0.3) is 0 Å². The Morgan fingerprint density at radius 1 is 1.10 bits per heavy atom. The second-order valence-corrected chi connectivity index (χ2v) is 5.49. The molecule has 0 aliphatic heterocycles. The van der Waals surface area contributed by atoms with E-state index in [1.165, 1.54) is 11.8 Å². The van der Waals surface area contributed by atoms with Gasteiger partial charge in [-0.3, -0.25) is 0 Å². The first-order valence-electron chi connectivity index (χ1n) is 6.14. The van der Waals surface area contributed by atoms with E-state index in [0.717, 1.165) is 17.2 Å². The summed E-state index contributed by atoms with van der Waals surface area (Å²) in [5.41, 5.74) is 6.64. The fraction of sp³-hybridized carbons (Fsp3) is 0.133. The number of thioether (sulfide) groups is 1. The standard InChI is InChI=1S/C15H15ClN2OS/c16-12-6-8-13(9-7-12)18-15(17)20-11-10-19-14-4-2-1-3-5-14/h1-9H,10-11H2,(H2,17,18). The van der Waals surface area contributed by atoms with Crippen molar-refractivity contribution >= 4 is 34.2 Å². The number of hydrogen-bond acceptors (Lipinski definition) is 3. The Morgan fingerprint density at radius 3 is 2.50 bits per heavy atom. The topological polar surface area (TPSA) is 47.6 Å². The average molecular weight is 307 g/mol. The van der Waals surface area contributed by atoms with Gasteiger partial charge in [-0.05, 0) is 36.4 Å². The van der Waals surface area contributed by atoms with Gasteiger partial charge in [0.15, 0.2) is 5.17 Å². The Kier molecular flexibility index (Phi) is 5.77. The zero-order valence-electron chi connectivity index (χ0n) is 10.8. The number of nitrogens with zero attached hydrogens (tertiary/aromatic N) is 1. The summed E-state index contributed by atoms with van der Waals surface area (Å²) in [6, 6.07) is 16.9. The molecule has 0 atom stereocenters. The maximum Gasteiger partial charge on any atom is 0.159 e. The Hall–Kier alpha value is -1.65. The van der Waals surface area contributed by atoms with Crippen LogP contribution in [0.2, 0.25) is 5.02 Å². The maximum absolute atomic E-state index is 5.85. The van der Waals surface area contributed by atoms with Crippen molar-refractivity contribution in [3.05, 3.63) is 59.6 Å². The van der Waals surface area contributed by atoms with Crippen molar-refractivity contribution in [3.63, 3.8) is 0 Å². The van der Waals surface area contributed by atoms with Crippen LogP contribution in [-0.2, 0) is 0 Å². The molecule has 2 rings (SSSR count). The Morgan fingerprint density at radius 2 is 1.80 bits per heavy atom. The summed E-state index contributed by atoms with van der Waals surface area (Å²) in [4.78, 5) is 4.29. The molecule has 104 valence electrons. The van der Waals surface area contributed by atoms with Crippen molar-refractivity contribution in [1.82, 2.24) is 0 Å². The molecule has 0 amide bonds. The van der Waals surface area contributed by atoms with Crippen LogP contribution in [0.3, 0.4) is 0 Å². The van der Waals surface area contributed by atoms with Gasteiger partial charge in [-0.2, -0.15) is 0 Å². The summed E-state index contributed by atoms with van der Waals surface area (Å²) in [5.74, 6) is 1.61. The zero-order chi connectivity index (χ0) is 14.2. The smallest absolute Gasteiger partial charge is 0.159 e. The van der Waals surface area contributed by atoms with Gasteiger partial charge in [0, 0.05) is 10.8 Å². The third-order valence-corrected chi connectivity index (χ3v) is 3.42. The first-order valence-corrected chi connectivity index (χ1v) is 7.51. The van der Waals surface area contributed by atoms with Crippen molar-refractivity contribution in [3.8, 4) is 5.75 Å². The van der Waals surface area contributed by atoms with Gasteiger partial charge in [0.05, 0.1) is 12.3 Å². The normalized spacial score (nSPS) is 11.3. The highest BCUT2D eigenvalue weighted by Crippen LogP contribution is 2.17. The van der Waals surface area contributed by atoms with Crippen LogP contribution >= 0.6 is 23.4 Å². The number of rotatable bonds is 5. The second kappa shape index (κ2) is 7.82. The number of amidine groups is 1. The van der Waals surface area contributed by atoms with Crippen molar-refractivity contribution in [2.24, 2.45) is 10.7 Å². The van der Waals surface area contributed by atoms with E-state index < -0.39 is 0 Å². The van der Waals surface area contributed by atoms with Crippen LogP contribution in [0.15, 0.2) is 59.6 Å². The van der Waals surface area contributed by atoms with Gasteiger partial charge in [0.1, 0.15) is 5.75 Å². The van der Waals surface area contributed by atoms with E-state index in [1.54, 1.807) is 12.1 Å². The lowest BCUT2D eigenvalue weighted by Gasteiger charge is -2.05. The molecule has 3 nitrogen and oxygen atoms in total. The molecule has 2 N–H and O–H groups in total. The lowest BCUT2D eigenvalue weighted by atomic mass is 10.3. The van der Waals surface area contributed by atoms with Gasteiger partial charge >= 0.3 is 0 Å². The summed E-state index contributed by atoms with van der Waals surface area (Å²) >= 11 is 7.27. The molecular weight excluding hydrogens is 292 g/mol. The van der Waals surface area contributed by atoms with E-state index in [4.69, 9.17) is 22.1 Å². The Bertz CT molecular complexity index is 558. The van der Waals surface area contributed by atoms with Crippen molar-refractivity contribution in [1.29, 1.82) is 0 Å². The summed E-state index contributed by atoms with van der Waals surface area (Å²) in [6.45, 7) is 0.589. The average Bonchev–Trinajstić information content (AvgIpc) is 2.47.